The van der Waals surface area contributed by atoms with Crippen LogP contribution in [-0.2, 0) is 16.1 Å². The number of methoxy groups -OCH3 is 1. The van der Waals surface area contributed by atoms with Gasteiger partial charge in [0.25, 0.3) is 0 Å². The molecule has 0 saturated heterocycles. The maximum Gasteiger partial charge on any atom is 0.325 e. The van der Waals surface area contributed by atoms with Gasteiger partial charge in [-0.2, -0.15) is 5.10 Å². The highest BCUT2D eigenvalue weighted by Crippen LogP contribution is 2.06. The number of hydrogen-bond donors (Lipinski definition) is 2. The number of carboxylic acids is 1. The van der Waals surface area contributed by atoms with Crippen molar-refractivity contribution in [1.82, 2.24) is 14.7 Å². The molecule has 0 aliphatic rings. The highest BCUT2D eigenvalue weighted by Gasteiger charge is 2.10. The van der Waals surface area contributed by atoms with Crippen molar-refractivity contribution >= 4 is 17.7 Å². The number of carboxylic acid groups (broad SMARTS) is 1. The number of aliphatic carboxylic acids is 1. The van der Waals surface area contributed by atoms with Gasteiger partial charge in [0.2, 0.25) is 0 Å². The summed E-state index contributed by atoms with van der Waals surface area (Å²) in [7, 11) is 3.28. The molecule has 0 saturated carbocycles. The summed E-state index contributed by atoms with van der Waals surface area (Å²) >= 11 is 0. The summed E-state index contributed by atoms with van der Waals surface area (Å²) in [6.45, 7) is 0.927. The predicted octanol–water partition coefficient (Wildman–Crippen LogP) is 0.468. The van der Waals surface area contributed by atoms with Crippen LogP contribution in [0, 0.1) is 0 Å². The molecule has 106 valence electrons. The molecule has 0 unspecified atom stereocenters. The minimum absolute atomic E-state index is 0.237. The molecule has 1 aromatic rings. The first-order chi connectivity index (χ1) is 9.02. The fraction of sp³-hybridized carbons (Fsp3) is 0.545. The maximum absolute atomic E-state index is 11.8. The van der Waals surface area contributed by atoms with E-state index in [2.05, 4.69) is 10.4 Å². The molecule has 0 radical (unpaired) electrons. The molecule has 1 rings (SSSR count). The number of urea groups is 1. The van der Waals surface area contributed by atoms with Gasteiger partial charge in [0, 0.05) is 33.5 Å². The molecule has 0 aliphatic carbocycles. The zero-order chi connectivity index (χ0) is 14.3. The number of nitrogens with one attached hydrogen (secondary N) is 1. The minimum Gasteiger partial charge on any atom is -0.480 e. The molecule has 2 N–H and O–H groups in total. The van der Waals surface area contributed by atoms with Gasteiger partial charge in [-0.3, -0.25) is 9.48 Å². The highest BCUT2D eigenvalue weighted by molar-refractivity contribution is 5.88. The van der Waals surface area contributed by atoms with E-state index in [0.717, 1.165) is 6.42 Å². The third-order valence-corrected chi connectivity index (χ3v) is 2.37. The third-order valence-electron chi connectivity index (χ3n) is 2.37. The van der Waals surface area contributed by atoms with Crippen molar-refractivity contribution in [3.05, 3.63) is 12.4 Å². The number of carbonyl (C=O) groups is 2. The standard InChI is InChI=1S/C11H18N4O4/c1-14(4-3-5-19-2)11(18)13-9-6-12-15(7-9)8-10(16)17/h6-7H,3-5,8H2,1-2H3,(H,13,18)(H,16,17). The zero-order valence-corrected chi connectivity index (χ0v) is 11.0. The molecule has 1 aromatic heterocycles. The number of hydrogen-bond acceptors (Lipinski definition) is 4. The van der Waals surface area contributed by atoms with Gasteiger partial charge < -0.3 is 20.1 Å². The Morgan fingerprint density at radius 2 is 2.32 bits per heavy atom. The van der Waals surface area contributed by atoms with Crippen molar-refractivity contribution in [2.75, 3.05) is 32.6 Å². The van der Waals surface area contributed by atoms with Crippen LogP contribution in [0.15, 0.2) is 12.4 Å². The maximum atomic E-state index is 11.8. The number of carbonyl (C=O) groups excluding carboxylic acids is 1. The Kier molecular flexibility index (Phi) is 5.80. The summed E-state index contributed by atoms with van der Waals surface area (Å²) in [5, 5.41) is 15.1. The first-order valence-corrected chi connectivity index (χ1v) is 5.78. The highest BCUT2D eigenvalue weighted by atomic mass is 16.5. The first-order valence-electron chi connectivity index (χ1n) is 5.78. The van der Waals surface area contributed by atoms with Crippen LogP contribution in [0.5, 0.6) is 0 Å². The molecule has 0 spiro atoms. The Morgan fingerprint density at radius 3 is 2.95 bits per heavy atom. The SMILES string of the molecule is COCCCN(C)C(=O)Nc1cnn(CC(=O)O)c1. The summed E-state index contributed by atoms with van der Waals surface area (Å²) in [4.78, 5) is 23.8. The predicted molar refractivity (Wildman–Crippen MR) is 68.0 cm³/mol. The van der Waals surface area contributed by atoms with Gasteiger partial charge in [-0.05, 0) is 6.42 Å². The van der Waals surface area contributed by atoms with E-state index in [-0.39, 0.29) is 12.6 Å². The van der Waals surface area contributed by atoms with E-state index in [1.807, 2.05) is 0 Å². The van der Waals surface area contributed by atoms with E-state index >= 15 is 0 Å². The summed E-state index contributed by atoms with van der Waals surface area (Å²) in [6, 6.07) is -0.272. The fourth-order valence-electron chi connectivity index (χ4n) is 1.42. The van der Waals surface area contributed by atoms with Crippen LogP contribution < -0.4 is 5.32 Å². The van der Waals surface area contributed by atoms with Crippen LogP contribution >= 0.6 is 0 Å². The van der Waals surface area contributed by atoms with Gasteiger partial charge in [0.1, 0.15) is 6.54 Å². The molecule has 0 fully saturated rings. The Hall–Kier alpha value is -2.09. The second-order valence-corrected chi connectivity index (χ2v) is 4.02. The topological polar surface area (TPSA) is 96.7 Å². The number of nitrogens with zero attached hydrogens (tertiary/aromatic N) is 3. The molecule has 0 aromatic carbocycles. The second kappa shape index (κ2) is 7.37. The van der Waals surface area contributed by atoms with Crippen molar-refractivity contribution in [1.29, 1.82) is 0 Å². The molecule has 8 heteroatoms. The second-order valence-electron chi connectivity index (χ2n) is 4.02. The lowest BCUT2D eigenvalue weighted by Crippen LogP contribution is -2.32. The number of anilines is 1. The fourth-order valence-corrected chi connectivity index (χ4v) is 1.42. The molecular formula is C11H18N4O4. The van der Waals surface area contributed by atoms with Crippen LogP contribution in [0.1, 0.15) is 6.42 Å². The van der Waals surface area contributed by atoms with E-state index in [9.17, 15) is 9.59 Å². The van der Waals surface area contributed by atoms with Gasteiger partial charge in [-0.1, -0.05) is 0 Å². The Bertz CT molecular complexity index is 432. The van der Waals surface area contributed by atoms with E-state index < -0.39 is 5.97 Å². The minimum atomic E-state index is -0.988. The summed E-state index contributed by atoms with van der Waals surface area (Å²) in [5.41, 5.74) is 0.463. The van der Waals surface area contributed by atoms with Crippen molar-refractivity contribution in [3.8, 4) is 0 Å². The molecule has 0 bridgehead atoms. The van der Waals surface area contributed by atoms with Gasteiger partial charge in [0.15, 0.2) is 0 Å². The Labute approximate surface area is 110 Å². The summed E-state index contributed by atoms with van der Waals surface area (Å²) < 4.78 is 6.14. The number of aromatic nitrogens is 2. The molecular weight excluding hydrogens is 252 g/mol. The number of rotatable bonds is 7. The average Bonchev–Trinajstić information content (AvgIpc) is 2.75. The molecule has 2 amide bonds. The summed E-state index contributed by atoms with van der Waals surface area (Å²) in [6.07, 6.45) is 3.62. The van der Waals surface area contributed by atoms with Crippen LogP contribution in [0.4, 0.5) is 10.5 Å². The molecule has 1 heterocycles. The van der Waals surface area contributed by atoms with E-state index in [4.69, 9.17) is 9.84 Å². The smallest absolute Gasteiger partial charge is 0.325 e. The van der Waals surface area contributed by atoms with Crippen molar-refractivity contribution in [2.24, 2.45) is 0 Å². The van der Waals surface area contributed by atoms with Crippen LogP contribution in [-0.4, -0.2) is 59.1 Å². The van der Waals surface area contributed by atoms with Gasteiger partial charge in [-0.25, -0.2) is 4.79 Å². The first kappa shape index (κ1) is 15.0. The number of ether oxygens (including phenoxy) is 1. The molecule has 19 heavy (non-hydrogen) atoms. The molecule has 0 atom stereocenters. The van der Waals surface area contributed by atoms with Crippen molar-refractivity contribution < 1.29 is 19.4 Å². The largest absolute Gasteiger partial charge is 0.480 e. The molecule has 0 aliphatic heterocycles. The Balaban J connectivity index is 2.43. The monoisotopic (exact) mass is 270 g/mol. The third kappa shape index (κ3) is 5.38. The summed E-state index contributed by atoms with van der Waals surface area (Å²) in [5.74, 6) is -0.988. The number of amides is 2. The van der Waals surface area contributed by atoms with Gasteiger partial charge >= 0.3 is 12.0 Å². The van der Waals surface area contributed by atoms with Gasteiger partial charge in [-0.15, -0.1) is 0 Å². The van der Waals surface area contributed by atoms with Crippen LogP contribution in [0.3, 0.4) is 0 Å². The lowest BCUT2D eigenvalue weighted by Gasteiger charge is -2.16. The van der Waals surface area contributed by atoms with Crippen LogP contribution in [0.2, 0.25) is 0 Å². The lowest BCUT2D eigenvalue weighted by atomic mass is 10.4. The average molecular weight is 270 g/mol. The quantitative estimate of drug-likeness (QED) is 0.702. The normalized spacial score (nSPS) is 10.2. The van der Waals surface area contributed by atoms with Gasteiger partial charge in [0.05, 0.1) is 11.9 Å². The molecule has 8 nitrogen and oxygen atoms in total. The van der Waals surface area contributed by atoms with Crippen molar-refractivity contribution in [2.45, 2.75) is 13.0 Å². The zero-order valence-electron chi connectivity index (χ0n) is 11.0. The van der Waals surface area contributed by atoms with Crippen molar-refractivity contribution in [3.63, 3.8) is 0 Å². The van der Waals surface area contributed by atoms with Crippen LogP contribution in [0.25, 0.3) is 0 Å². The van der Waals surface area contributed by atoms with E-state index in [1.54, 1.807) is 14.2 Å². The lowest BCUT2D eigenvalue weighted by molar-refractivity contribution is -0.137. The van der Waals surface area contributed by atoms with E-state index in [0.29, 0.717) is 18.8 Å². The van der Waals surface area contributed by atoms with E-state index in [1.165, 1.54) is 22.0 Å². The Morgan fingerprint density at radius 1 is 1.58 bits per heavy atom.